The molecular formula is C22H31N5O3. The van der Waals surface area contributed by atoms with E-state index in [0.717, 1.165) is 55.8 Å². The van der Waals surface area contributed by atoms with Crippen molar-refractivity contribution in [2.45, 2.75) is 26.4 Å². The first kappa shape index (κ1) is 22.0. The second kappa shape index (κ2) is 10.9. The summed E-state index contributed by atoms with van der Waals surface area (Å²) in [5.41, 5.74) is 0.0116. The molecule has 2 aromatic rings. The molecule has 0 aliphatic carbocycles. The van der Waals surface area contributed by atoms with Crippen LogP contribution in [-0.2, 0) is 17.9 Å². The fourth-order valence-corrected chi connectivity index (χ4v) is 3.66. The first-order valence-corrected chi connectivity index (χ1v) is 10.6. The molecule has 0 saturated carbocycles. The predicted molar refractivity (Wildman–Crippen MR) is 117 cm³/mol. The van der Waals surface area contributed by atoms with E-state index in [1.807, 2.05) is 30.3 Å². The van der Waals surface area contributed by atoms with Gasteiger partial charge in [0.1, 0.15) is 6.54 Å². The highest BCUT2D eigenvalue weighted by Crippen LogP contribution is 2.02. The van der Waals surface area contributed by atoms with Crippen LogP contribution in [0.5, 0.6) is 0 Å². The second-order valence-corrected chi connectivity index (χ2v) is 7.62. The molecule has 1 fully saturated rings. The van der Waals surface area contributed by atoms with Crippen molar-refractivity contribution in [3.8, 4) is 0 Å². The Morgan fingerprint density at radius 1 is 1.00 bits per heavy atom. The molecule has 8 heteroatoms. The van der Waals surface area contributed by atoms with E-state index < -0.39 is 11.2 Å². The molecule has 1 saturated heterocycles. The average molecular weight is 414 g/mol. The van der Waals surface area contributed by atoms with Gasteiger partial charge in [0.25, 0.3) is 5.56 Å². The molecule has 0 bridgehead atoms. The number of rotatable bonds is 9. The molecule has 8 nitrogen and oxygen atoms in total. The third-order valence-electron chi connectivity index (χ3n) is 5.52. The second-order valence-electron chi connectivity index (χ2n) is 7.62. The van der Waals surface area contributed by atoms with Crippen molar-refractivity contribution in [3.05, 3.63) is 69.0 Å². The quantitative estimate of drug-likeness (QED) is 0.595. The highest BCUT2D eigenvalue weighted by molar-refractivity contribution is 5.75. The highest BCUT2D eigenvalue weighted by atomic mass is 16.2. The fraction of sp³-hybridized carbons (Fsp3) is 0.500. The van der Waals surface area contributed by atoms with Crippen LogP contribution in [0.25, 0.3) is 0 Å². The van der Waals surface area contributed by atoms with Gasteiger partial charge in [-0.05, 0) is 25.1 Å². The van der Waals surface area contributed by atoms with Gasteiger partial charge in [0.15, 0.2) is 0 Å². The number of nitrogens with one attached hydrogen (secondary N) is 1. The van der Waals surface area contributed by atoms with Gasteiger partial charge in [-0.15, -0.1) is 0 Å². The van der Waals surface area contributed by atoms with Gasteiger partial charge in [0.05, 0.1) is 6.54 Å². The minimum Gasteiger partial charge on any atom is -0.354 e. The maximum absolute atomic E-state index is 12.7. The maximum Gasteiger partial charge on any atom is 0.331 e. The number of amides is 1. The minimum absolute atomic E-state index is 0.261. The van der Waals surface area contributed by atoms with Crippen molar-refractivity contribution in [2.24, 2.45) is 0 Å². The first-order chi connectivity index (χ1) is 14.6. The summed E-state index contributed by atoms with van der Waals surface area (Å²) < 4.78 is 2.43. The van der Waals surface area contributed by atoms with Gasteiger partial charge in [-0.25, -0.2) is 4.79 Å². The summed E-state index contributed by atoms with van der Waals surface area (Å²) >= 11 is 0. The van der Waals surface area contributed by atoms with Crippen molar-refractivity contribution in [1.29, 1.82) is 0 Å². The summed E-state index contributed by atoms with van der Waals surface area (Å²) in [4.78, 5) is 41.9. The molecule has 1 amide bonds. The van der Waals surface area contributed by atoms with Crippen molar-refractivity contribution in [2.75, 3.05) is 45.8 Å². The van der Waals surface area contributed by atoms with E-state index in [1.54, 1.807) is 0 Å². The van der Waals surface area contributed by atoms with Crippen LogP contribution in [0.2, 0.25) is 0 Å². The Hall–Kier alpha value is -2.71. The number of piperazine rings is 1. The molecule has 1 aliphatic heterocycles. The monoisotopic (exact) mass is 413 g/mol. The molecule has 1 aromatic heterocycles. The van der Waals surface area contributed by atoms with Gasteiger partial charge in [0, 0.05) is 45.0 Å². The van der Waals surface area contributed by atoms with E-state index in [-0.39, 0.29) is 12.5 Å². The normalized spacial score (nSPS) is 15.2. The summed E-state index contributed by atoms with van der Waals surface area (Å²) in [6, 6.07) is 10.9. The Morgan fingerprint density at radius 2 is 1.70 bits per heavy atom. The Bertz CT molecular complexity index is 930. The molecule has 0 atom stereocenters. The average Bonchev–Trinajstić information content (AvgIpc) is 2.77. The zero-order chi connectivity index (χ0) is 21.3. The molecular weight excluding hydrogens is 382 g/mol. The number of benzene rings is 1. The number of aromatic nitrogens is 2. The zero-order valence-electron chi connectivity index (χ0n) is 17.6. The highest BCUT2D eigenvalue weighted by Gasteiger charge is 2.15. The van der Waals surface area contributed by atoms with Crippen LogP contribution in [0.3, 0.4) is 0 Å². The topological polar surface area (TPSA) is 79.6 Å². The fourth-order valence-electron chi connectivity index (χ4n) is 3.66. The summed E-state index contributed by atoms with van der Waals surface area (Å²) in [7, 11) is 0. The van der Waals surface area contributed by atoms with Crippen LogP contribution in [0.4, 0.5) is 0 Å². The van der Waals surface area contributed by atoms with Crippen LogP contribution < -0.4 is 16.6 Å². The molecule has 0 radical (unpaired) electrons. The molecule has 1 aliphatic rings. The minimum atomic E-state index is -0.477. The van der Waals surface area contributed by atoms with Crippen LogP contribution in [0.15, 0.2) is 52.2 Å². The van der Waals surface area contributed by atoms with Gasteiger partial charge in [-0.1, -0.05) is 37.3 Å². The molecule has 1 aromatic carbocycles. The Kier molecular flexibility index (Phi) is 7.98. The van der Waals surface area contributed by atoms with Crippen LogP contribution in [0, 0.1) is 0 Å². The zero-order valence-corrected chi connectivity index (χ0v) is 17.6. The SMILES string of the molecule is CCN1CCN(CCCNC(=O)Cn2c(=O)ccn(Cc3ccccc3)c2=O)CC1. The Morgan fingerprint density at radius 3 is 2.40 bits per heavy atom. The third kappa shape index (κ3) is 6.14. The molecule has 2 heterocycles. The number of carbonyl (C=O) groups is 1. The molecule has 1 N–H and O–H groups in total. The van der Waals surface area contributed by atoms with Crippen molar-refractivity contribution in [3.63, 3.8) is 0 Å². The Labute approximate surface area is 176 Å². The van der Waals surface area contributed by atoms with E-state index in [9.17, 15) is 14.4 Å². The van der Waals surface area contributed by atoms with E-state index in [0.29, 0.717) is 13.1 Å². The smallest absolute Gasteiger partial charge is 0.331 e. The number of likely N-dealkylation sites (N-methyl/N-ethyl adjacent to an activating group) is 1. The molecule has 30 heavy (non-hydrogen) atoms. The number of hydrogen-bond donors (Lipinski definition) is 1. The summed E-state index contributed by atoms with van der Waals surface area (Å²) in [6.45, 7) is 9.14. The number of nitrogens with zero attached hydrogens (tertiary/aromatic N) is 4. The lowest BCUT2D eigenvalue weighted by Crippen LogP contribution is -2.47. The maximum atomic E-state index is 12.7. The van der Waals surface area contributed by atoms with E-state index in [4.69, 9.17) is 0 Å². The lowest BCUT2D eigenvalue weighted by molar-refractivity contribution is -0.121. The van der Waals surface area contributed by atoms with Crippen molar-refractivity contribution < 1.29 is 4.79 Å². The van der Waals surface area contributed by atoms with Gasteiger partial charge in [0.2, 0.25) is 5.91 Å². The molecule has 0 unspecified atom stereocenters. The third-order valence-corrected chi connectivity index (χ3v) is 5.52. The first-order valence-electron chi connectivity index (χ1n) is 10.6. The number of carbonyl (C=O) groups excluding carboxylic acids is 1. The number of hydrogen-bond acceptors (Lipinski definition) is 5. The van der Waals surface area contributed by atoms with Crippen molar-refractivity contribution in [1.82, 2.24) is 24.3 Å². The molecule has 0 spiro atoms. The van der Waals surface area contributed by atoms with Gasteiger partial charge in [-0.2, -0.15) is 0 Å². The van der Waals surface area contributed by atoms with E-state index >= 15 is 0 Å². The van der Waals surface area contributed by atoms with Crippen LogP contribution >= 0.6 is 0 Å². The van der Waals surface area contributed by atoms with Gasteiger partial charge in [-0.3, -0.25) is 18.7 Å². The van der Waals surface area contributed by atoms with Crippen molar-refractivity contribution >= 4 is 5.91 Å². The van der Waals surface area contributed by atoms with Gasteiger partial charge < -0.3 is 15.1 Å². The van der Waals surface area contributed by atoms with Crippen LogP contribution in [-0.4, -0.2) is 70.7 Å². The standard InChI is InChI=1S/C22H31N5O3/c1-2-24-13-15-25(16-14-24)11-6-10-23-20(28)18-27-21(29)9-12-26(22(27)30)17-19-7-4-3-5-8-19/h3-5,7-9,12H,2,6,10-11,13-18H2,1H3,(H,23,28). The molecule has 3 rings (SSSR count). The van der Waals surface area contributed by atoms with E-state index in [1.165, 1.54) is 16.8 Å². The molecule has 162 valence electrons. The summed E-state index contributed by atoms with van der Waals surface area (Å²) in [5.74, 6) is -0.317. The lowest BCUT2D eigenvalue weighted by atomic mass is 10.2. The van der Waals surface area contributed by atoms with E-state index in [2.05, 4.69) is 22.0 Å². The largest absolute Gasteiger partial charge is 0.354 e. The Balaban J connectivity index is 1.48. The summed E-state index contributed by atoms with van der Waals surface area (Å²) in [6.07, 6.45) is 2.32. The summed E-state index contributed by atoms with van der Waals surface area (Å²) in [5, 5.41) is 2.83. The lowest BCUT2D eigenvalue weighted by Gasteiger charge is -2.33. The predicted octanol–water partition coefficient (Wildman–Crippen LogP) is 0.202. The van der Waals surface area contributed by atoms with Gasteiger partial charge >= 0.3 is 5.69 Å². The van der Waals surface area contributed by atoms with Crippen LogP contribution in [0.1, 0.15) is 18.9 Å².